The lowest BCUT2D eigenvalue weighted by Crippen LogP contribution is -2.31. The third-order valence-corrected chi connectivity index (χ3v) is 3.04. The fourth-order valence-corrected chi connectivity index (χ4v) is 2.08. The van der Waals surface area contributed by atoms with E-state index in [2.05, 4.69) is 10.6 Å². The van der Waals surface area contributed by atoms with E-state index in [4.69, 9.17) is 16.3 Å². The molecule has 1 saturated heterocycles. The molecule has 0 bridgehead atoms. The van der Waals surface area contributed by atoms with Gasteiger partial charge in [0.25, 0.3) is 0 Å². The van der Waals surface area contributed by atoms with Gasteiger partial charge in [-0.25, -0.2) is 0 Å². The van der Waals surface area contributed by atoms with E-state index in [9.17, 15) is 0 Å². The van der Waals surface area contributed by atoms with E-state index in [0.717, 1.165) is 30.2 Å². The lowest BCUT2D eigenvalue weighted by Gasteiger charge is -2.26. The van der Waals surface area contributed by atoms with E-state index in [1.165, 1.54) is 5.52 Å². The van der Waals surface area contributed by atoms with Gasteiger partial charge in [-0.15, -0.1) is 0 Å². The zero-order valence-electron chi connectivity index (χ0n) is 8.24. The van der Waals surface area contributed by atoms with Crippen LogP contribution in [-0.4, -0.2) is 17.8 Å². The fraction of sp³-hybridized carbons (Fsp3) is 0.333. The average molecular weight is 221 g/mol. The van der Waals surface area contributed by atoms with E-state index < -0.39 is 0 Å². The highest BCUT2D eigenvalue weighted by molar-refractivity contribution is 6.31. The van der Waals surface area contributed by atoms with Crippen LogP contribution >= 0.6 is 11.6 Å². The van der Waals surface area contributed by atoms with Crippen molar-refractivity contribution in [3.63, 3.8) is 0 Å². The smallest absolute Gasteiger partial charge is 0.0533 e. The molecule has 3 heteroatoms. The summed E-state index contributed by atoms with van der Waals surface area (Å²) in [6.07, 6.45) is 2.00. The molecule has 0 aliphatic carbocycles. The predicted molar refractivity (Wildman–Crippen MR) is 60.1 cm³/mol. The zero-order chi connectivity index (χ0) is 10.3. The summed E-state index contributed by atoms with van der Waals surface area (Å²) in [5.41, 5.74) is 1.20. The van der Waals surface area contributed by atoms with Crippen LogP contribution in [0, 0.1) is 12.0 Å². The molecule has 1 aliphatic rings. The van der Waals surface area contributed by atoms with E-state index in [-0.39, 0.29) is 0 Å². The summed E-state index contributed by atoms with van der Waals surface area (Å²) in [6.45, 7) is 2.78. The van der Waals surface area contributed by atoms with Crippen molar-refractivity contribution >= 4 is 22.5 Å². The highest BCUT2D eigenvalue weighted by Gasteiger charge is 2.19. The molecule has 15 heavy (non-hydrogen) atoms. The molecule has 3 rings (SSSR count). The molecule has 0 unspecified atom stereocenters. The molecule has 2 aromatic rings. The minimum Gasteiger partial charge on any atom is -0.381 e. The Kier molecular flexibility index (Phi) is 2.19. The Bertz CT molecular complexity index is 487. The number of fused-ring (bicyclic) bond motifs is 1. The number of hydrogen-bond donors (Lipinski definition) is 0. The van der Waals surface area contributed by atoms with Crippen molar-refractivity contribution in [2.24, 2.45) is 5.92 Å². The molecule has 0 atom stereocenters. The number of aromatic nitrogens is 1. The first-order chi connectivity index (χ1) is 7.33. The van der Waals surface area contributed by atoms with Crippen molar-refractivity contribution in [3.8, 4) is 0 Å². The first-order valence-corrected chi connectivity index (χ1v) is 5.44. The Hall–Kier alpha value is -0.990. The summed E-state index contributed by atoms with van der Waals surface area (Å²) in [5.74, 6) is 0.657. The predicted octanol–water partition coefficient (Wildman–Crippen LogP) is 2.74. The maximum Gasteiger partial charge on any atom is 0.0533 e. The van der Waals surface area contributed by atoms with Gasteiger partial charge in [0.2, 0.25) is 0 Å². The Balaban J connectivity index is 1.96. The van der Waals surface area contributed by atoms with Crippen LogP contribution < -0.4 is 0 Å². The largest absolute Gasteiger partial charge is 0.381 e. The van der Waals surface area contributed by atoms with Gasteiger partial charge in [-0.3, -0.25) is 0 Å². The molecule has 1 aromatic carbocycles. The van der Waals surface area contributed by atoms with E-state index in [1.807, 2.05) is 24.4 Å². The highest BCUT2D eigenvalue weighted by atomic mass is 35.5. The maximum absolute atomic E-state index is 5.92. The minimum absolute atomic E-state index is 0.657. The van der Waals surface area contributed by atoms with Gasteiger partial charge in [0.1, 0.15) is 0 Å². The summed E-state index contributed by atoms with van der Waals surface area (Å²) in [7, 11) is 0. The van der Waals surface area contributed by atoms with Crippen LogP contribution in [0.3, 0.4) is 0 Å². The van der Waals surface area contributed by atoms with E-state index >= 15 is 0 Å². The van der Waals surface area contributed by atoms with Crippen molar-refractivity contribution in [1.82, 2.24) is 4.57 Å². The van der Waals surface area contributed by atoms with Crippen molar-refractivity contribution < 1.29 is 4.74 Å². The summed E-state index contributed by atoms with van der Waals surface area (Å²) < 4.78 is 7.39. The quantitative estimate of drug-likeness (QED) is 0.759. The first kappa shape index (κ1) is 9.25. The Morgan fingerprint density at radius 3 is 3.07 bits per heavy atom. The van der Waals surface area contributed by atoms with Gasteiger partial charge in [0.15, 0.2) is 0 Å². The molecule has 2 heterocycles. The van der Waals surface area contributed by atoms with Gasteiger partial charge in [0, 0.05) is 40.7 Å². The molecule has 0 saturated carbocycles. The molecule has 0 N–H and O–H groups in total. The second-order valence-corrected chi connectivity index (χ2v) is 4.43. The van der Waals surface area contributed by atoms with E-state index in [1.54, 1.807) is 0 Å². The molecule has 1 aliphatic heterocycles. The van der Waals surface area contributed by atoms with E-state index in [0.29, 0.717) is 5.92 Å². The molecule has 2 nitrogen and oxygen atoms in total. The molecular formula is C12H11ClNO. The zero-order valence-corrected chi connectivity index (χ0v) is 9.00. The van der Waals surface area contributed by atoms with Gasteiger partial charge in [-0.05, 0) is 18.2 Å². The summed E-state index contributed by atoms with van der Waals surface area (Å²) in [4.78, 5) is 0. The molecular weight excluding hydrogens is 210 g/mol. The van der Waals surface area contributed by atoms with Crippen LogP contribution in [0.4, 0.5) is 0 Å². The van der Waals surface area contributed by atoms with Crippen LogP contribution in [0.1, 0.15) is 0 Å². The Labute approximate surface area is 93.4 Å². The molecule has 0 spiro atoms. The monoisotopic (exact) mass is 220 g/mol. The number of benzene rings is 1. The number of ether oxygens (including phenoxy) is 1. The van der Waals surface area contributed by atoms with Crippen molar-refractivity contribution in [3.05, 3.63) is 35.5 Å². The topological polar surface area (TPSA) is 14.2 Å². The van der Waals surface area contributed by atoms with Crippen molar-refractivity contribution in [1.29, 1.82) is 0 Å². The normalized spacial score (nSPS) is 16.9. The Morgan fingerprint density at radius 2 is 2.33 bits per heavy atom. The lowest BCUT2D eigenvalue weighted by molar-refractivity contribution is -0.0388. The van der Waals surface area contributed by atoms with Gasteiger partial charge in [0.05, 0.1) is 13.2 Å². The second-order valence-electron chi connectivity index (χ2n) is 3.99. The minimum atomic E-state index is 0.657. The van der Waals surface area contributed by atoms with Crippen molar-refractivity contribution in [2.75, 3.05) is 13.2 Å². The molecule has 77 valence electrons. The molecule has 1 radical (unpaired) electrons. The maximum atomic E-state index is 5.92. The van der Waals surface area contributed by atoms with Crippen LogP contribution in [-0.2, 0) is 11.3 Å². The van der Waals surface area contributed by atoms with Gasteiger partial charge >= 0.3 is 0 Å². The fourth-order valence-electron chi connectivity index (χ4n) is 1.91. The third kappa shape index (κ3) is 1.64. The van der Waals surface area contributed by atoms with Crippen LogP contribution in [0.5, 0.6) is 0 Å². The van der Waals surface area contributed by atoms with Crippen LogP contribution in [0.2, 0.25) is 5.02 Å². The number of hydrogen-bond acceptors (Lipinski definition) is 1. The number of halogens is 1. The summed E-state index contributed by atoms with van der Waals surface area (Å²) in [5, 5.41) is 1.85. The standard InChI is InChI=1S/C12H11ClNO/c13-11-1-2-12-10(5-11)3-4-14(12)6-9-7-15-8-9/h1-2,4-5,9H,6-8H2. The molecule has 1 fully saturated rings. The Morgan fingerprint density at radius 1 is 1.47 bits per heavy atom. The summed E-state index contributed by atoms with van der Waals surface area (Å²) in [6, 6.07) is 9.14. The lowest BCUT2D eigenvalue weighted by atomic mass is 10.1. The molecule has 0 amide bonds. The second kappa shape index (κ2) is 3.54. The first-order valence-electron chi connectivity index (χ1n) is 5.07. The number of nitrogens with zero attached hydrogens (tertiary/aromatic N) is 1. The SMILES string of the molecule is Clc1ccc2c([c]cn2CC2COC2)c1. The summed E-state index contributed by atoms with van der Waals surface area (Å²) >= 11 is 5.92. The van der Waals surface area contributed by atoms with Crippen LogP contribution in [0.25, 0.3) is 10.9 Å². The third-order valence-electron chi connectivity index (χ3n) is 2.81. The van der Waals surface area contributed by atoms with Crippen LogP contribution in [0.15, 0.2) is 24.4 Å². The van der Waals surface area contributed by atoms with Crippen molar-refractivity contribution in [2.45, 2.75) is 6.54 Å². The average Bonchev–Trinajstić information content (AvgIpc) is 2.54. The highest BCUT2D eigenvalue weighted by Crippen LogP contribution is 2.22. The van der Waals surface area contributed by atoms with Gasteiger partial charge < -0.3 is 9.30 Å². The molecule has 1 aromatic heterocycles. The van der Waals surface area contributed by atoms with Gasteiger partial charge in [-0.1, -0.05) is 11.6 Å². The van der Waals surface area contributed by atoms with Gasteiger partial charge in [-0.2, -0.15) is 0 Å². The number of rotatable bonds is 2.